The van der Waals surface area contributed by atoms with Crippen molar-refractivity contribution in [2.45, 2.75) is 17.8 Å². The molecule has 1 atom stereocenters. The second-order valence-corrected chi connectivity index (χ2v) is 4.56. The molecule has 1 heterocycles. The van der Waals surface area contributed by atoms with Gasteiger partial charge in [0.05, 0.1) is 0 Å². The molecule has 0 radical (unpaired) electrons. The Morgan fingerprint density at radius 1 is 1.13 bits per heavy atom. The van der Waals surface area contributed by atoms with Crippen LogP contribution in [0.2, 0.25) is 0 Å². The lowest BCUT2D eigenvalue weighted by Gasteiger charge is -2.13. The quantitative estimate of drug-likeness (QED) is 0.700. The molecular formula is C11H9F3S. The minimum Gasteiger partial charge on any atom is -0.170 e. The van der Waals surface area contributed by atoms with Crippen molar-refractivity contribution in [3.8, 4) is 0 Å². The number of benzene rings is 1. The van der Waals surface area contributed by atoms with E-state index in [1.54, 1.807) is 6.08 Å². The second-order valence-electron chi connectivity index (χ2n) is 3.32. The van der Waals surface area contributed by atoms with Crippen LogP contribution in [0, 0.1) is 0 Å². The van der Waals surface area contributed by atoms with E-state index >= 15 is 0 Å². The summed E-state index contributed by atoms with van der Waals surface area (Å²) in [5.41, 5.74) is 0.870. The highest BCUT2D eigenvalue weighted by Gasteiger charge is 2.42. The molecule has 0 bridgehead atoms. The topological polar surface area (TPSA) is 0 Å². The Balaban J connectivity index is 2.11. The van der Waals surface area contributed by atoms with E-state index in [0.717, 1.165) is 22.2 Å². The van der Waals surface area contributed by atoms with E-state index in [2.05, 4.69) is 0 Å². The van der Waals surface area contributed by atoms with Crippen LogP contribution in [0.5, 0.6) is 0 Å². The fourth-order valence-electron chi connectivity index (χ4n) is 1.45. The first-order valence-corrected chi connectivity index (χ1v) is 5.44. The van der Waals surface area contributed by atoms with Crippen LogP contribution in [0.3, 0.4) is 0 Å². The van der Waals surface area contributed by atoms with Gasteiger partial charge < -0.3 is 0 Å². The molecular weight excluding hydrogens is 221 g/mol. The fourth-order valence-corrected chi connectivity index (χ4v) is 2.55. The summed E-state index contributed by atoms with van der Waals surface area (Å²) in [6.07, 6.45) is -2.35. The van der Waals surface area contributed by atoms with Gasteiger partial charge >= 0.3 is 6.18 Å². The zero-order valence-electron chi connectivity index (χ0n) is 7.79. The van der Waals surface area contributed by atoms with Gasteiger partial charge in [0.1, 0.15) is 5.25 Å². The van der Waals surface area contributed by atoms with Crippen LogP contribution >= 0.6 is 11.8 Å². The Bertz CT molecular complexity index is 367. The molecule has 80 valence electrons. The molecule has 1 aromatic carbocycles. The highest BCUT2D eigenvalue weighted by molar-refractivity contribution is 8.09. The summed E-state index contributed by atoms with van der Waals surface area (Å²) in [5.74, 6) is 0. The molecule has 15 heavy (non-hydrogen) atoms. The molecule has 1 aliphatic rings. The van der Waals surface area contributed by atoms with Crippen molar-refractivity contribution in [2.75, 3.05) is 0 Å². The first kappa shape index (κ1) is 10.6. The van der Waals surface area contributed by atoms with E-state index < -0.39 is 11.4 Å². The standard InChI is InChI=1S/C11H9F3S/c12-11(13,14)10-7-6-9(15-10)8-4-2-1-3-5-8/h1-6,10H,7H2. The van der Waals surface area contributed by atoms with Gasteiger partial charge in [-0.1, -0.05) is 36.4 Å². The summed E-state index contributed by atoms with van der Waals surface area (Å²) in [6.45, 7) is 0. The van der Waals surface area contributed by atoms with Crippen LogP contribution in [0.25, 0.3) is 4.91 Å². The monoisotopic (exact) mass is 230 g/mol. The Kier molecular flexibility index (Phi) is 2.78. The SMILES string of the molecule is FC(F)(F)C1CC=C(c2ccccc2)S1. The van der Waals surface area contributed by atoms with Gasteiger partial charge in [-0.25, -0.2) is 0 Å². The average molecular weight is 230 g/mol. The molecule has 0 aliphatic carbocycles. The number of halogens is 3. The lowest BCUT2D eigenvalue weighted by molar-refractivity contribution is -0.127. The minimum absolute atomic E-state index is 0.0817. The average Bonchev–Trinajstić information content (AvgIpc) is 2.67. The zero-order valence-corrected chi connectivity index (χ0v) is 8.61. The van der Waals surface area contributed by atoms with E-state index in [4.69, 9.17) is 0 Å². The largest absolute Gasteiger partial charge is 0.401 e. The Hall–Kier alpha value is -0.900. The maximum Gasteiger partial charge on any atom is 0.401 e. The van der Waals surface area contributed by atoms with Crippen LogP contribution < -0.4 is 0 Å². The van der Waals surface area contributed by atoms with Crippen LogP contribution in [-0.2, 0) is 0 Å². The van der Waals surface area contributed by atoms with Crippen molar-refractivity contribution >= 4 is 16.7 Å². The molecule has 4 heteroatoms. The maximum atomic E-state index is 12.4. The van der Waals surface area contributed by atoms with E-state index in [1.165, 1.54) is 0 Å². The van der Waals surface area contributed by atoms with Crippen molar-refractivity contribution in [2.24, 2.45) is 0 Å². The van der Waals surface area contributed by atoms with Crippen LogP contribution in [-0.4, -0.2) is 11.4 Å². The molecule has 1 aromatic rings. The van der Waals surface area contributed by atoms with Gasteiger partial charge in [-0.15, -0.1) is 11.8 Å². The van der Waals surface area contributed by atoms with E-state index in [0.29, 0.717) is 0 Å². The van der Waals surface area contributed by atoms with Gasteiger partial charge in [0, 0.05) is 4.91 Å². The van der Waals surface area contributed by atoms with Gasteiger partial charge in [0.15, 0.2) is 0 Å². The number of alkyl halides is 3. The molecule has 0 saturated heterocycles. The van der Waals surface area contributed by atoms with E-state index in [1.807, 2.05) is 30.3 Å². The lowest BCUT2D eigenvalue weighted by atomic mass is 10.2. The predicted molar refractivity (Wildman–Crippen MR) is 56.5 cm³/mol. The third-order valence-corrected chi connectivity index (χ3v) is 3.61. The third kappa shape index (κ3) is 2.37. The Labute approximate surface area is 90.2 Å². The van der Waals surface area contributed by atoms with Gasteiger partial charge in [-0.3, -0.25) is 0 Å². The summed E-state index contributed by atoms with van der Waals surface area (Å²) in [6, 6.07) is 9.18. The molecule has 0 spiro atoms. The van der Waals surface area contributed by atoms with Crippen molar-refractivity contribution in [1.82, 2.24) is 0 Å². The third-order valence-electron chi connectivity index (χ3n) is 2.21. The summed E-state index contributed by atoms with van der Waals surface area (Å²) < 4.78 is 37.2. The predicted octanol–water partition coefficient (Wildman–Crippen LogP) is 4.10. The number of allylic oxidation sites excluding steroid dienone is 1. The maximum absolute atomic E-state index is 12.4. The second kappa shape index (κ2) is 3.93. The van der Waals surface area contributed by atoms with Crippen molar-refractivity contribution in [3.63, 3.8) is 0 Å². The van der Waals surface area contributed by atoms with Crippen molar-refractivity contribution in [3.05, 3.63) is 42.0 Å². The normalized spacial score (nSPS) is 21.5. The van der Waals surface area contributed by atoms with Crippen LogP contribution in [0.15, 0.2) is 36.4 Å². The van der Waals surface area contributed by atoms with Gasteiger partial charge in [-0.2, -0.15) is 13.2 Å². The molecule has 0 nitrogen and oxygen atoms in total. The molecule has 0 fully saturated rings. The first-order valence-electron chi connectivity index (χ1n) is 4.56. The number of thioether (sulfide) groups is 1. The highest BCUT2D eigenvalue weighted by Crippen LogP contribution is 2.45. The van der Waals surface area contributed by atoms with Crippen LogP contribution in [0.1, 0.15) is 12.0 Å². The summed E-state index contributed by atoms with van der Waals surface area (Å²) >= 11 is 0.907. The van der Waals surface area contributed by atoms with Crippen LogP contribution in [0.4, 0.5) is 13.2 Å². The molecule has 2 rings (SSSR count). The van der Waals surface area contributed by atoms with Gasteiger partial charge in [0.2, 0.25) is 0 Å². The fraction of sp³-hybridized carbons (Fsp3) is 0.273. The summed E-state index contributed by atoms with van der Waals surface area (Å²) in [5, 5.41) is -1.27. The Morgan fingerprint density at radius 3 is 2.33 bits per heavy atom. The van der Waals surface area contributed by atoms with Gasteiger partial charge in [0.25, 0.3) is 0 Å². The van der Waals surface area contributed by atoms with Crippen molar-refractivity contribution < 1.29 is 13.2 Å². The summed E-state index contributed by atoms with van der Waals surface area (Å²) in [7, 11) is 0. The molecule has 0 N–H and O–H groups in total. The minimum atomic E-state index is -4.10. The van der Waals surface area contributed by atoms with E-state index in [9.17, 15) is 13.2 Å². The number of rotatable bonds is 1. The number of hydrogen-bond acceptors (Lipinski definition) is 1. The zero-order chi connectivity index (χ0) is 10.9. The molecule has 1 aliphatic heterocycles. The highest BCUT2D eigenvalue weighted by atomic mass is 32.2. The van der Waals surface area contributed by atoms with E-state index in [-0.39, 0.29) is 6.42 Å². The van der Waals surface area contributed by atoms with Gasteiger partial charge in [-0.05, 0) is 12.0 Å². The number of hydrogen-bond donors (Lipinski definition) is 0. The lowest BCUT2D eigenvalue weighted by Crippen LogP contribution is -2.22. The Morgan fingerprint density at radius 2 is 1.80 bits per heavy atom. The molecule has 1 unspecified atom stereocenters. The van der Waals surface area contributed by atoms with Crippen molar-refractivity contribution in [1.29, 1.82) is 0 Å². The molecule has 0 aromatic heterocycles. The molecule has 0 saturated carbocycles. The summed E-state index contributed by atoms with van der Waals surface area (Å²) in [4.78, 5) is 0.734. The smallest absolute Gasteiger partial charge is 0.170 e. The molecule has 0 amide bonds. The first-order chi connectivity index (χ1) is 7.07.